The quantitative estimate of drug-likeness (QED) is 0.183. The van der Waals surface area contributed by atoms with Crippen molar-refractivity contribution in [3.63, 3.8) is 0 Å². The number of aliphatic hydroxyl groups is 1. The molecule has 1 fully saturated rings. The van der Waals surface area contributed by atoms with Gasteiger partial charge < -0.3 is 25.0 Å². The number of thioether (sulfide) groups is 1. The maximum atomic E-state index is 11.7. The van der Waals surface area contributed by atoms with Gasteiger partial charge in [0.05, 0.1) is 24.4 Å². The van der Waals surface area contributed by atoms with Crippen LogP contribution in [-0.2, 0) is 27.4 Å². The maximum absolute atomic E-state index is 11.7. The van der Waals surface area contributed by atoms with Crippen molar-refractivity contribution in [2.75, 3.05) is 5.75 Å². The Kier molecular flexibility index (Phi) is 9.71. The van der Waals surface area contributed by atoms with Crippen LogP contribution in [0, 0.1) is 0 Å². The average molecular weight is 584 g/mol. The lowest BCUT2D eigenvalue weighted by molar-refractivity contribution is -0.245. The molecule has 7 nitrogen and oxygen atoms in total. The number of ether oxygens (including phenoxy) is 2. The van der Waals surface area contributed by atoms with E-state index in [1.807, 2.05) is 78.9 Å². The van der Waals surface area contributed by atoms with E-state index in [-0.39, 0.29) is 30.3 Å². The third kappa shape index (κ3) is 7.46. The summed E-state index contributed by atoms with van der Waals surface area (Å²) in [6.07, 6.45) is -0.428. The average Bonchev–Trinajstić information content (AvgIpc) is 3.03. The minimum absolute atomic E-state index is 0.0255. The smallest absolute Gasteiger partial charge is 0.336 e. The summed E-state index contributed by atoms with van der Waals surface area (Å²) < 4.78 is 12.9. The summed E-state index contributed by atoms with van der Waals surface area (Å²) in [4.78, 5) is 23.7. The first-order chi connectivity index (χ1) is 20.4. The number of rotatable bonds is 10. The van der Waals surface area contributed by atoms with Crippen molar-refractivity contribution in [3.8, 4) is 11.1 Å². The van der Waals surface area contributed by atoms with E-state index in [0.717, 1.165) is 33.4 Å². The number of carboxylic acid groups (broad SMARTS) is 1. The lowest BCUT2D eigenvalue weighted by Crippen LogP contribution is -2.31. The first kappa shape index (κ1) is 29.5. The van der Waals surface area contributed by atoms with Crippen molar-refractivity contribution >= 4 is 23.6 Å². The van der Waals surface area contributed by atoms with E-state index in [2.05, 4.69) is 11.4 Å². The largest absolute Gasteiger partial charge is 0.478 e. The molecule has 1 amide bonds. The summed E-state index contributed by atoms with van der Waals surface area (Å²) in [6, 6.07) is 30.9. The van der Waals surface area contributed by atoms with Crippen LogP contribution in [0.25, 0.3) is 11.1 Å². The molecule has 0 aromatic heterocycles. The molecule has 3 N–H and O–H groups in total. The number of carbonyl (C=O) groups is 2. The molecule has 0 bridgehead atoms. The number of benzene rings is 4. The lowest BCUT2D eigenvalue weighted by atomic mass is 9.99. The number of hydrogen-bond acceptors (Lipinski definition) is 6. The molecule has 5 rings (SSSR count). The summed E-state index contributed by atoms with van der Waals surface area (Å²) in [5.41, 5.74) is 6.08. The topological polar surface area (TPSA) is 105 Å². The Morgan fingerprint density at radius 2 is 1.60 bits per heavy atom. The van der Waals surface area contributed by atoms with E-state index < -0.39 is 12.3 Å². The minimum atomic E-state index is -0.952. The van der Waals surface area contributed by atoms with Gasteiger partial charge in [-0.05, 0) is 46.0 Å². The fourth-order valence-corrected chi connectivity index (χ4v) is 5.96. The molecule has 0 saturated carbocycles. The highest BCUT2D eigenvalue weighted by Gasteiger charge is 2.32. The Morgan fingerprint density at radius 1 is 0.857 bits per heavy atom. The van der Waals surface area contributed by atoms with Gasteiger partial charge in [-0.1, -0.05) is 78.9 Å². The molecule has 0 aliphatic carbocycles. The van der Waals surface area contributed by atoms with Gasteiger partial charge in [0.15, 0.2) is 6.29 Å². The standard InChI is InChI=1S/C34H33NO6S/c1-22(37)35-19-24-5-4-6-28(17-24)25-13-15-27(16-14-25)34-40-29(21-42-32-8-3-2-7-30(32)33(38)39)18-31(41-34)26-11-9-23(20-36)10-12-26/h2-17,29,31,34,36H,18-21H2,1H3,(H,35,37)(H,38,39). The van der Waals surface area contributed by atoms with Crippen LogP contribution in [0.2, 0.25) is 0 Å². The fourth-order valence-electron chi connectivity index (χ4n) is 4.89. The monoisotopic (exact) mass is 583 g/mol. The van der Waals surface area contributed by atoms with Gasteiger partial charge in [-0.15, -0.1) is 11.8 Å². The maximum Gasteiger partial charge on any atom is 0.336 e. The molecule has 216 valence electrons. The van der Waals surface area contributed by atoms with Crippen LogP contribution in [0.3, 0.4) is 0 Å². The molecule has 8 heteroatoms. The van der Waals surface area contributed by atoms with Gasteiger partial charge in [0.1, 0.15) is 0 Å². The Morgan fingerprint density at radius 3 is 2.31 bits per heavy atom. The molecular formula is C34H33NO6S. The number of nitrogens with one attached hydrogen (secondary N) is 1. The van der Waals surface area contributed by atoms with E-state index in [9.17, 15) is 19.8 Å². The Labute approximate surface area is 249 Å². The molecule has 0 radical (unpaired) electrons. The van der Waals surface area contributed by atoms with Crippen LogP contribution < -0.4 is 5.32 Å². The number of amides is 1. The van der Waals surface area contributed by atoms with E-state index in [4.69, 9.17) is 9.47 Å². The van der Waals surface area contributed by atoms with E-state index in [1.165, 1.54) is 18.7 Å². The zero-order chi connectivity index (χ0) is 29.5. The zero-order valence-corrected chi connectivity index (χ0v) is 24.1. The zero-order valence-electron chi connectivity index (χ0n) is 23.2. The molecule has 4 aromatic rings. The van der Waals surface area contributed by atoms with Crippen molar-refractivity contribution in [1.29, 1.82) is 0 Å². The van der Waals surface area contributed by atoms with Gasteiger partial charge >= 0.3 is 5.97 Å². The molecule has 3 atom stereocenters. The number of hydrogen-bond donors (Lipinski definition) is 3. The summed E-state index contributed by atoms with van der Waals surface area (Å²) in [5, 5.41) is 21.9. The summed E-state index contributed by atoms with van der Waals surface area (Å²) in [5.74, 6) is -0.455. The van der Waals surface area contributed by atoms with Crippen molar-refractivity contribution in [1.82, 2.24) is 5.32 Å². The Bertz CT molecular complexity index is 1520. The molecule has 1 aliphatic heterocycles. The van der Waals surface area contributed by atoms with Crippen molar-refractivity contribution in [2.45, 2.75) is 49.9 Å². The Hall–Kier alpha value is -3.95. The van der Waals surface area contributed by atoms with Crippen LogP contribution in [0.15, 0.2) is 102 Å². The van der Waals surface area contributed by atoms with E-state index in [1.54, 1.807) is 12.1 Å². The third-order valence-corrected chi connectivity index (χ3v) is 8.35. The molecule has 1 aliphatic rings. The van der Waals surface area contributed by atoms with Crippen molar-refractivity contribution in [2.24, 2.45) is 0 Å². The predicted octanol–water partition coefficient (Wildman–Crippen LogP) is 6.52. The Balaban J connectivity index is 1.35. The van der Waals surface area contributed by atoms with Crippen LogP contribution in [0.4, 0.5) is 0 Å². The van der Waals surface area contributed by atoms with Gasteiger partial charge in [0.25, 0.3) is 0 Å². The molecular weight excluding hydrogens is 550 g/mol. The van der Waals surface area contributed by atoms with Gasteiger partial charge in [0, 0.05) is 36.1 Å². The fraction of sp³-hybridized carbons (Fsp3) is 0.235. The van der Waals surface area contributed by atoms with Gasteiger partial charge in [-0.3, -0.25) is 4.79 Å². The first-order valence-corrected chi connectivity index (χ1v) is 14.8. The molecule has 42 heavy (non-hydrogen) atoms. The molecule has 1 saturated heterocycles. The molecule has 0 spiro atoms. The van der Waals surface area contributed by atoms with Crippen LogP contribution >= 0.6 is 11.8 Å². The highest BCUT2D eigenvalue weighted by atomic mass is 32.2. The highest BCUT2D eigenvalue weighted by molar-refractivity contribution is 7.99. The van der Waals surface area contributed by atoms with Gasteiger partial charge in [0.2, 0.25) is 5.91 Å². The normalized spacial score (nSPS) is 18.4. The summed E-state index contributed by atoms with van der Waals surface area (Å²) >= 11 is 1.47. The van der Waals surface area contributed by atoms with Crippen molar-refractivity contribution < 1.29 is 29.3 Å². The van der Waals surface area contributed by atoms with Crippen LogP contribution in [0.5, 0.6) is 0 Å². The summed E-state index contributed by atoms with van der Waals surface area (Å²) in [6.45, 7) is 1.95. The lowest BCUT2D eigenvalue weighted by Gasteiger charge is -2.36. The van der Waals surface area contributed by atoms with Crippen molar-refractivity contribution in [3.05, 3.63) is 125 Å². The third-order valence-electron chi connectivity index (χ3n) is 7.14. The first-order valence-electron chi connectivity index (χ1n) is 13.8. The predicted molar refractivity (Wildman–Crippen MR) is 162 cm³/mol. The van der Waals surface area contributed by atoms with Gasteiger partial charge in [-0.2, -0.15) is 0 Å². The number of aliphatic hydroxyl groups excluding tert-OH is 1. The number of carbonyl (C=O) groups excluding carboxylic acids is 1. The second kappa shape index (κ2) is 13.8. The second-order valence-corrected chi connectivity index (χ2v) is 11.3. The number of aromatic carboxylic acids is 1. The van der Waals surface area contributed by atoms with Crippen LogP contribution in [-0.4, -0.2) is 33.9 Å². The second-order valence-electron chi connectivity index (χ2n) is 10.2. The number of carboxylic acids is 1. The molecule has 3 unspecified atom stereocenters. The SMILES string of the molecule is CC(=O)NCc1cccc(-c2ccc(C3OC(CSc4ccccc4C(=O)O)CC(c4ccc(CO)cc4)O3)cc2)c1. The molecule has 4 aromatic carbocycles. The van der Waals surface area contributed by atoms with Gasteiger partial charge in [-0.25, -0.2) is 4.79 Å². The molecule has 1 heterocycles. The highest BCUT2D eigenvalue weighted by Crippen LogP contribution is 2.40. The minimum Gasteiger partial charge on any atom is -0.478 e. The summed E-state index contributed by atoms with van der Waals surface area (Å²) in [7, 11) is 0. The van der Waals surface area contributed by atoms with Crippen LogP contribution in [0.1, 0.15) is 58.4 Å². The van der Waals surface area contributed by atoms with E-state index >= 15 is 0 Å². The van der Waals surface area contributed by atoms with E-state index in [0.29, 0.717) is 23.6 Å².